The lowest BCUT2D eigenvalue weighted by atomic mass is 10.3. The number of hydrogen-bond acceptors (Lipinski definition) is 1. The Balaban J connectivity index is 3.43. The SMILES string of the molecule is C=CC(C)NC(=S)NCCC. The predicted octanol–water partition coefficient (Wildman–Crippen LogP) is 1.43. The lowest BCUT2D eigenvalue weighted by Gasteiger charge is -2.12. The Morgan fingerprint density at radius 1 is 1.73 bits per heavy atom. The van der Waals surface area contributed by atoms with Gasteiger partial charge in [0.05, 0.1) is 0 Å². The molecule has 0 aliphatic heterocycles. The summed E-state index contributed by atoms with van der Waals surface area (Å²) in [6, 6.07) is 0.242. The summed E-state index contributed by atoms with van der Waals surface area (Å²) in [7, 11) is 0. The minimum absolute atomic E-state index is 0.242. The molecule has 1 atom stereocenters. The Morgan fingerprint density at radius 2 is 2.36 bits per heavy atom. The smallest absolute Gasteiger partial charge is 0.166 e. The third-order valence-corrected chi connectivity index (χ3v) is 1.51. The van der Waals surface area contributed by atoms with Crippen molar-refractivity contribution in [3.05, 3.63) is 12.7 Å². The third kappa shape index (κ3) is 5.85. The quantitative estimate of drug-likeness (QED) is 0.495. The van der Waals surface area contributed by atoms with Crippen LogP contribution in [0.1, 0.15) is 20.3 Å². The molecule has 0 saturated heterocycles. The molecule has 0 radical (unpaired) electrons. The van der Waals surface area contributed by atoms with Gasteiger partial charge in [0, 0.05) is 12.6 Å². The largest absolute Gasteiger partial charge is 0.363 e. The van der Waals surface area contributed by atoms with E-state index in [-0.39, 0.29) is 6.04 Å². The molecule has 0 aromatic heterocycles. The van der Waals surface area contributed by atoms with Crippen LogP contribution in [0.3, 0.4) is 0 Å². The molecular formula is C8H16N2S. The highest BCUT2D eigenvalue weighted by Crippen LogP contribution is 1.81. The molecule has 64 valence electrons. The van der Waals surface area contributed by atoms with Gasteiger partial charge < -0.3 is 10.6 Å². The van der Waals surface area contributed by atoms with Crippen molar-refractivity contribution in [1.82, 2.24) is 10.6 Å². The molecule has 3 heteroatoms. The van der Waals surface area contributed by atoms with Gasteiger partial charge >= 0.3 is 0 Å². The second-order valence-electron chi connectivity index (χ2n) is 2.42. The van der Waals surface area contributed by atoms with E-state index in [2.05, 4.69) is 24.1 Å². The van der Waals surface area contributed by atoms with Crippen LogP contribution in [-0.4, -0.2) is 17.7 Å². The lowest BCUT2D eigenvalue weighted by Crippen LogP contribution is -2.39. The Bertz CT molecular complexity index is 134. The molecule has 0 fully saturated rings. The molecule has 2 nitrogen and oxygen atoms in total. The maximum Gasteiger partial charge on any atom is 0.166 e. The van der Waals surface area contributed by atoms with Crippen molar-refractivity contribution in [1.29, 1.82) is 0 Å². The number of nitrogens with one attached hydrogen (secondary N) is 2. The van der Waals surface area contributed by atoms with Gasteiger partial charge in [-0.25, -0.2) is 0 Å². The first-order valence-corrected chi connectivity index (χ1v) is 4.28. The molecule has 0 amide bonds. The van der Waals surface area contributed by atoms with Crippen LogP contribution in [0.5, 0.6) is 0 Å². The summed E-state index contributed by atoms with van der Waals surface area (Å²) >= 11 is 4.99. The summed E-state index contributed by atoms with van der Waals surface area (Å²) in [6.07, 6.45) is 2.91. The highest BCUT2D eigenvalue weighted by molar-refractivity contribution is 7.80. The Kier molecular flexibility index (Phi) is 5.84. The van der Waals surface area contributed by atoms with Gasteiger partial charge in [0.2, 0.25) is 0 Å². The highest BCUT2D eigenvalue weighted by Gasteiger charge is 1.96. The van der Waals surface area contributed by atoms with Crippen LogP contribution in [0.2, 0.25) is 0 Å². The molecule has 0 rings (SSSR count). The molecular weight excluding hydrogens is 156 g/mol. The Labute approximate surface area is 74.1 Å². The topological polar surface area (TPSA) is 24.1 Å². The van der Waals surface area contributed by atoms with E-state index in [4.69, 9.17) is 12.2 Å². The van der Waals surface area contributed by atoms with Crippen LogP contribution < -0.4 is 10.6 Å². The summed E-state index contributed by atoms with van der Waals surface area (Å²) in [5.41, 5.74) is 0. The van der Waals surface area contributed by atoms with Crippen molar-refractivity contribution < 1.29 is 0 Å². The average molecular weight is 172 g/mol. The van der Waals surface area contributed by atoms with E-state index < -0.39 is 0 Å². The van der Waals surface area contributed by atoms with Crippen LogP contribution >= 0.6 is 12.2 Å². The Hall–Kier alpha value is -0.570. The summed E-state index contributed by atoms with van der Waals surface area (Å²) < 4.78 is 0. The van der Waals surface area contributed by atoms with E-state index >= 15 is 0 Å². The van der Waals surface area contributed by atoms with E-state index in [1.54, 1.807) is 0 Å². The molecule has 0 aromatic rings. The molecule has 0 heterocycles. The van der Waals surface area contributed by atoms with Gasteiger partial charge in [-0.15, -0.1) is 6.58 Å². The minimum atomic E-state index is 0.242. The maximum absolute atomic E-state index is 4.99. The second-order valence-corrected chi connectivity index (χ2v) is 2.83. The molecule has 0 aromatic carbocycles. The van der Waals surface area contributed by atoms with E-state index in [9.17, 15) is 0 Å². The Morgan fingerprint density at radius 3 is 2.82 bits per heavy atom. The standard InChI is InChI=1S/C8H16N2S/c1-4-6-9-8(11)10-7(3)5-2/h5,7H,2,4,6H2,1,3H3,(H2,9,10,11). The summed E-state index contributed by atoms with van der Waals surface area (Å²) in [5.74, 6) is 0. The van der Waals surface area contributed by atoms with Crippen molar-refractivity contribution in [2.45, 2.75) is 26.3 Å². The van der Waals surface area contributed by atoms with Crippen molar-refractivity contribution in [3.63, 3.8) is 0 Å². The first-order valence-electron chi connectivity index (χ1n) is 3.87. The molecule has 2 N–H and O–H groups in total. The zero-order valence-corrected chi connectivity index (χ0v) is 8.00. The van der Waals surface area contributed by atoms with Crippen LogP contribution in [0.4, 0.5) is 0 Å². The second kappa shape index (κ2) is 6.16. The minimum Gasteiger partial charge on any atom is -0.363 e. The van der Waals surface area contributed by atoms with Crippen LogP contribution in [0.15, 0.2) is 12.7 Å². The first kappa shape index (κ1) is 10.4. The summed E-state index contributed by atoms with van der Waals surface area (Å²) in [4.78, 5) is 0. The van der Waals surface area contributed by atoms with Gasteiger partial charge in [-0.1, -0.05) is 13.0 Å². The zero-order chi connectivity index (χ0) is 8.69. The van der Waals surface area contributed by atoms with Crippen LogP contribution in [-0.2, 0) is 0 Å². The molecule has 1 unspecified atom stereocenters. The number of rotatable bonds is 4. The number of thiocarbonyl (C=S) groups is 1. The van der Waals surface area contributed by atoms with Crippen molar-refractivity contribution in [2.75, 3.05) is 6.54 Å². The highest BCUT2D eigenvalue weighted by atomic mass is 32.1. The van der Waals surface area contributed by atoms with Gasteiger partial charge in [-0.05, 0) is 25.6 Å². The molecule has 0 aliphatic carbocycles. The normalized spacial score (nSPS) is 11.8. The fourth-order valence-corrected chi connectivity index (χ4v) is 0.843. The number of hydrogen-bond donors (Lipinski definition) is 2. The van der Waals surface area contributed by atoms with Crippen molar-refractivity contribution in [3.8, 4) is 0 Å². The third-order valence-electron chi connectivity index (χ3n) is 1.25. The maximum atomic E-state index is 4.99. The molecule has 0 bridgehead atoms. The fraction of sp³-hybridized carbons (Fsp3) is 0.625. The first-order chi connectivity index (χ1) is 5.20. The average Bonchev–Trinajstić information content (AvgIpc) is 2.00. The molecule has 0 saturated carbocycles. The lowest BCUT2D eigenvalue weighted by molar-refractivity contribution is 0.758. The summed E-state index contributed by atoms with van der Waals surface area (Å²) in [6.45, 7) is 8.68. The fourth-order valence-electron chi connectivity index (χ4n) is 0.555. The molecule has 0 spiro atoms. The molecule has 11 heavy (non-hydrogen) atoms. The van der Waals surface area contributed by atoms with Gasteiger partial charge in [0.25, 0.3) is 0 Å². The van der Waals surface area contributed by atoms with Crippen molar-refractivity contribution >= 4 is 17.3 Å². The van der Waals surface area contributed by atoms with E-state index in [0.29, 0.717) is 5.11 Å². The zero-order valence-electron chi connectivity index (χ0n) is 7.18. The monoisotopic (exact) mass is 172 g/mol. The predicted molar refractivity (Wildman–Crippen MR) is 53.7 cm³/mol. The van der Waals surface area contributed by atoms with Gasteiger partial charge in [0.15, 0.2) is 5.11 Å². The van der Waals surface area contributed by atoms with Gasteiger partial charge in [0.1, 0.15) is 0 Å². The van der Waals surface area contributed by atoms with Gasteiger partial charge in [-0.2, -0.15) is 0 Å². The van der Waals surface area contributed by atoms with E-state index in [1.165, 1.54) is 0 Å². The van der Waals surface area contributed by atoms with Gasteiger partial charge in [-0.3, -0.25) is 0 Å². The van der Waals surface area contributed by atoms with E-state index in [0.717, 1.165) is 13.0 Å². The van der Waals surface area contributed by atoms with E-state index in [1.807, 2.05) is 13.0 Å². The molecule has 0 aliphatic rings. The van der Waals surface area contributed by atoms with Crippen LogP contribution in [0.25, 0.3) is 0 Å². The summed E-state index contributed by atoms with van der Waals surface area (Å²) in [5, 5.41) is 6.84. The van der Waals surface area contributed by atoms with Crippen molar-refractivity contribution in [2.24, 2.45) is 0 Å². The van der Waals surface area contributed by atoms with Crippen LogP contribution in [0, 0.1) is 0 Å².